The van der Waals surface area contributed by atoms with E-state index in [4.69, 9.17) is 5.11 Å². The molecule has 3 nitrogen and oxygen atoms in total. The van der Waals surface area contributed by atoms with Gasteiger partial charge in [-0.15, -0.1) is 0 Å². The normalized spacial score (nSPS) is 27.0. The molecule has 0 aliphatic carbocycles. The first kappa shape index (κ1) is 6.77. The Morgan fingerprint density at radius 3 is 2.44 bits per heavy atom. The summed E-state index contributed by atoms with van der Waals surface area (Å²) >= 11 is 2.95. The zero-order valence-corrected chi connectivity index (χ0v) is 6.31. The van der Waals surface area contributed by atoms with Gasteiger partial charge in [-0.05, 0) is 22.9 Å². The highest BCUT2D eigenvalue weighted by atomic mass is 79.9. The van der Waals surface area contributed by atoms with Crippen molar-refractivity contribution in [3.8, 4) is 0 Å². The molecule has 0 saturated carbocycles. The zero-order valence-electron chi connectivity index (χ0n) is 4.72. The molecule has 0 amide bonds. The number of aliphatic hydroxyl groups excluding tert-OH is 1. The topological polar surface area (TPSA) is 46.5 Å². The monoisotopic (exact) mass is 192 g/mol. The molecule has 4 heteroatoms. The third-order valence-corrected chi connectivity index (χ3v) is 2.06. The van der Waals surface area contributed by atoms with Crippen LogP contribution in [0.4, 0.5) is 0 Å². The minimum atomic E-state index is -1.05. The largest absolute Gasteiger partial charge is 0.428 e. The van der Waals surface area contributed by atoms with Crippen LogP contribution in [0, 0.1) is 0 Å². The first-order chi connectivity index (χ1) is 4.13. The van der Waals surface area contributed by atoms with E-state index < -0.39 is 12.3 Å². The highest BCUT2D eigenvalue weighted by Crippen LogP contribution is 2.24. The number of esters is 1. The van der Waals surface area contributed by atoms with Crippen molar-refractivity contribution in [2.75, 3.05) is 0 Å². The molecule has 0 spiro atoms. The van der Waals surface area contributed by atoms with Crippen molar-refractivity contribution in [3.05, 3.63) is 10.1 Å². The van der Waals surface area contributed by atoms with E-state index in [1.807, 2.05) is 0 Å². The van der Waals surface area contributed by atoms with Gasteiger partial charge in [0.15, 0.2) is 0 Å². The molecule has 1 heterocycles. The van der Waals surface area contributed by atoms with Gasteiger partial charge < -0.3 is 9.84 Å². The molecule has 1 aliphatic heterocycles. The summed E-state index contributed by atoms with van der Waals surface area (Å²) in [6.45, 7) is 1.62. The van der Waals surface area contributed by atoms with Crippen LogP contribution < -0.4 is 0 Å². The molecule has 0 bridgehead atoms. The van der Waals surface area contributed by atoms with Crippen LogP contribution in [0.5, 0.6) is 0 Å². The van der Waals surface area contributed by atoms with Crippen molar-refractivity contribution in [1.82, 2.24) is 0 Å². The summed E-state index contributed by atoms with van der Waals surface area (Å²) in [5, 5.41) is 8.81. The minimum absolute atomic E-state index is 0.329. The van der Waals surface area contributed by atoms with Crippen LogP contribution in [0.25, 0.3) is 0 Å². The first-order valence-electron chi connectivity index (χ1n) is 2.38. The molecular weight excluding hydrogens is 188 g/mol. The average Bonchev–Trinajstić information content (AvgIpc) is 1.98. The van der Waals surface area contributed by atoms with Gasteiger partial charge in [0, 0.05) is 5.57 Å². The van der Waals surface area contributed by atoms with Crippen molar-refractivity contribution >= 4 is 21.9 Å². The van der Waals surface area contributed by atoms with Crippen LogP contribution in [0.3, 0.4) is 0 Å². The Balaban J connectivity index is 2.92. The lowest BCUT2D eigenvalue weighted by Gasteiger charge is -1.99. The number of cyclic esters (lactones) is 1. The van der Waals surface area contributed by atoms with Gasteiger partial charge in [-0.25, -0.2) is 4.79 Å². The molecule has 1 N–H and O–H groups in total. The minimum Gasteiger partial charge on any atom is -0.428 e. The van der Waals surface area contributed by atoms with Crippen LogP contribution in [0.1, 0.15) is 6.92 Å². The Hall–Kier alpha value is -0.350. The molecule has 0 saturated heterocycles. The summed E-state index contributed by atoms with van der Waals surface area (Å²) in [4.78, 5) is 10.5. The number of rotatable bonds is 0. The zero-order chi connectivity index (χ0) is 7.02. The molecule has 0 aromatic heterocycles. The maximum atomic E-state index is 10.5. The number of hydrogen-bond acceptors (Lipinski definition) is 3. The predicted octanol–water partition coefficient (Wildman–Crippen LogP) is 0.530. The van der Waals surface area contributed by atoms with Gasteiger partial charge in [-0.3, -0.25) is 0 Å². The molecule has 0 aromatic rings. The Morgan fingerprint density at radius 1 is 1.78 bits per heavy atom. The van der Waals surface area contributed by atoms with Crippen molar-refractivity contribution < 1.29 is 14.6 Å². The maximum absolute atomic E-state index is 10.5. The van der Waals surface area contributed by atoms with Crippen molar-refractivity contribution in [2.45, 2.75) is 13.2 Å². The summed E-state index contributed by atoms with van der Waals surface area (Å²) in [6.07, 6.45) is -1.05. The standard InChI is InChI=1S/C5H5BrO3/c1-2-3(6)5(8)9-4(2)7/h4,7H,1H3. The molecular formula is C5H5BrO3. The lowest BCUT2D eigenvalue weighted by atomic mass is 10.3. The summed E-state index contributed by atoms with van der Waals surface area (Å²) in [5.41, 5.74) is 0.528. The molecule has 0 fully saturated rings. The highest BCUT2D eigenvalue weighted by Gasteiger charge is 2.27. The maximum Gasteiger partial charge on any atom is 0.347 e. The second kappa shape index (κ2) is 2.11. The molecule has 50 valence electrons. The van der Waals surface area contributed by atoms with E-state index in [0.717, 1.165) is 0 Å². The van der Waals surface area contributed by atoms with Gasteiger partial charge in [-0.1, -0.05) is 0 Å². The van der Waals surface area contributed by atoms with Crippen LogP contribution in [-0.2, 0) is 9.53 Å². The van der Waals surface area contributed by atoms with Crippen LogP contribution in [-0.4, -0.2) is 17.4 Å². The SMILES string of the molecule is CC1=C(Br)C(=O)OC1O. The molecule has 1 rings (SSSR count). The first-order valence-corrected chi connectivity index (χ1v) is 3.17. The molecule has 1 aliphatic rings. The lowest BCUT2D eigenvalue weighted by molar-refractivity contribution is -0.151. The summed E-state index contributed by atoms with van der Waals surface area (Å²) in [5.74, 6) is -0.500. The lowest BCUT2D eigenvalue weighted by Crippen LogP contribution is -2.07. The number of carbonyl (C=O) groups excluding carboxylic acids is 1. The number of ether oxygens (including phenoxy) is 1. The Labute approximate surface area is 60.4 Å². The smallest absolute Gasteiger partial charge is 0.347 e. The Morgan fingerprint density at radius 2 is 2.33 bits per heavy atom. The number of hydrogen-bond donors (Lipinski definition) is 1. The fourth-order valence-corrected chi connectivity index (χ4v) is 0.800. The molecule has 1 unspecified atom stereocenters. The van der Waals surface area contributed by atoms with Crippen LogP contribution in [0.15, 0.2) is 10.1 Å². The van der Waals surface area contributed by atoms with E-state index in [9.17, 15) is 4.79 Å². The second-order valence-electron chi connectivity index (χ2n) is 1.75. The fraction of sp³-hybridized carbons (Fsp3) is 0.400. The van der Waals surface area contributed by atoms with Gasteiger partial charge in [0.1, 0.15) is 4.48 Å². The van der Waals surface area contributed by atoms with E-state index in [1.54, 1.807) is 6.92 Å². The highest BCUT2D eigenvalue weighted by molar-refractivity contribution is 9.12. The second-order valence-corrected chi connectivity index (χ2v) is 2.55. The van der Waals surface area contributed by atoms with Crippen molar-refractivity contribution in [2.24, 2.45) is 0 Å². The van der Waals surface area contributed by atoms with Crippen LogP contribution in [0.2, 0.25) is 0 Å². The van der Waals surface area contributed by atoms with Crippen LogP contribution >= 0.6 is 15.9 Å². The quantitative estimate of drug-likeness (QED) is 0.570. The molecule has 0 aromatic carbocycles. The van der Waals surface area contributed by atoms with Gasteiger partial charge in [0.2, 0.25) is 6.29 Å². The fourth-order valence-electron chi connectivity index (χ4n) is 0.511. The van der Waals surface area contributed by atoms with Gasteiger partial charge in [0.25, 0.3) is 0 Å². The Kier molecular flexibility index (Phi) is 1.59. The van der Waals surface area contributed by atoms with E-state index in [2.05, 4.69) is 20.7 Å². The predicted molar refractivity (Wildman–Crippen MR) is 33.7 cm³/mol. The number of halogens is 1. The van der Waals surface area contributed by atoms with E-state index in [-0.39, 0.29) is 0 Å². The molecule has 9 heavy (non-hydrogen) atoms. The van der Waals surface area contributed by atoms with E-state index in [1.165, 1.54) is 0 Å². The van der Waals surface area contributed by atoms with Crippen molar-refractivity contribution in [3.63, 3.8) is 0 Å². The third-order valence-electron chi connectivity index (χ3n) is 1.11. The Bertz CT molecular complexity index is 185. The summed E-state index contributed by atoms with van der Waals surface area (Å²) in [6, 6.07) is 0. The number of aliphatic hydroxyl groups is 1. The van der Waals surface area contributed by atoms with Gasteiger partial charge >= 0.3 is 5.97 Å². The molecule has 1 atom stereocenters. The summed E-state index contributed by atoms with van der Waals surface area (Å²) < 4.78 is 4.71. The number of carbonyl (C=O) groups is 1. The van der Waals surface area contributed by atoms with E-state index in [0.29, 0.717) is 10.1 Å². The third kappa shape index (κ3) is 0.997. The van der Waals surface area contributed by atoms with Gasteiger partial charge in [-0.2, -0.15) is 0 Å². The summed E-state index contributed by atoms with van der Waals surface area (Å²) in [7, 11) is 0. The average molecular weight is 193 g/mol. The van der Waals surface area contributed by atoms with Gasteiger partial charge in [0.05, 0.1) is 0 Å². The molecule has 0 radical (unpaired) electrons. The van der Waals surface area contributed by atoms with Crippen molar-refractivity contribution in [1.29, 1.82) is 0 Å². The van der Waals surface area contributed by atoms with E-state index >= 15 is 0 Å².